The lowest BCUT2D eigenvalue weighted by Gasteiger charge is -2.33. The van der Waals surface area contributed by atoms with Gasteiger partial charge >= 0.3 is 0 Å². The van der Waals surface area contributed by atoms with E-state index in [1.807, 2.05) is 0 Å². The number of nitrogens with zero attached hydrogens (tertiary/aromatic N) is 2. The molecule has 4 rings (SSSR count). The predicted octanol–water partition coefficient (Wildman–Crippen LogP) is 2.18. The second-order valence-electron chi connectivity index (χ2n) is 7.72. The molecule has 0 spiro atoms. The zero-order valence-corrected chi connectivity index (χ0v) is 19.4. The summed E-state index contributed by atoms with van der Waals surface area (Å²) in [6.45, 7) is -0.443. The summed E-state index contributed by atoms with van der Waals surface area (Å²) in [5.41, 5.74) is 6.38. The maximum absolute atomic E-state index is 13.5. The number of nitrogen functional groups attached to an aromatic ring is 1. The minimum atomic E-state index is -4.20. The number of anilines is 1. The van der Waals surface area contributed by atoms with Crippen molar-refractivity contribution < 1.29 is 31.4 Å². The van der Waals surface area contributed by atoms with Crippen LogP contribution >= 0.6 is 0 Å². The van der Waals surface area contributed by atoms with Gasteiger partial charge in [0.1, 0.15) is 5.82 Å². The zero-order chi connectivity index (χ0) is 24.7. The summed E-state index contributed by atoms with van der Waals surface area (Å²) in [5, 5.41) is 19.9. The molecule has 3 aromatic rings. The smallest absolute Gasteiger partial charge is 0.243 e. The first-order chi connectivity index (χ1) is 16.0. The fourth-order valence-corrected chi connectivity index (χ4v) is 6.85. The summed E-state index contributed by atoms with van der Waals surface area (Å²) in [4.78, 5) is -0.271. The monoisotopic (exact) mass is 507 g/mol. The van der Waals surface area contributed by atoms with Gasteiger partial charge in [-0.15, -0.1) is 0 Å². The maximum Gasteiger partial charge on any atom is 0.243 e. The Morgan fingerprint density at radius 2 is 1.32 bits per heavy atom. The highest BCUT2D eigenvalue weighted by Gasteiger charge is 2.35. The highest BCUT2D eigenvalue weighted by molar-refractivity contribution is 7.89. The van der Waals surface area contributed by atoms with Crippen LogP contribution in [0.5, 0.6) is 11.5 Å². The number of halogens is 1. The van der Waals surface area contributed by atoms with Gasteiger partial charge in [-0.1, -0.05) is 18.2 Å². The SMILES string of the molecule is Nc1cccc(S(=O)(=O)N2CCN(S(=O)(=O)c3cc(O)c(O)cc3-c3ccc(F)cc3)CC2)c1. The molecule has 9 nitrogen and oxygen atoms in total. The van der Waals surface area contributed by atoms with E-state index in [-0.39, 0.29) is 41.5 Å². The number of phenols is 2. The number of aromatic hydroxyl groups is 2. The Morgan fingerprint density at radius 3 is 1.91 bits per heavy atom. The van der Waals surface area contributed by atoms with E-state index in [1.54, 1.807) is 6.07 Å². The number of hydrogen-bond acceptors (Lipinski definition) is 7. The number of piperazine rings is 1. The van der Waals surface area contributed by atoms with E-state index in [9.17, 15) is 31.4 Å². The average Bonchev–Trinajstić information content (AvgIpc) is 2.81. The van der Waals surface area contributed by atoms with Crippen LogP contribution in [0.15, 0.2) is 70.5 Å². The Hall–Kier alpha value is -3.19. The maximum atomic E-state index is 13.5. The summed E-state index contributed by atoms with van der Waals surface area (Å²) in [5.74, 6) is -1.68. The third kappa shape index (κ3) is 4.44. The first-order valence-electron chi connectivity index (χ1n) is 10.2. The number of rotatable bonds is 5. The van der Waals surface area contributed by atoms with Crippen molar-refractivity contribution >= 4 is 25.7 Å². The highest BCUT2D eigenvalue weighted by atomic mass is 32.2. The van der Waals surface area contributed by atoms with E-state index in [2.05, 4.69) is 0 Å². The Bertz CT molecular complexity index is 1440. The molecule has 180 valence electrons. The van der Waals surface area contributed by atoms with Gasteiger partial charge in [-0.2, -0.15) is 8.61 Å². The van der Waals surface area contributed by atoms with E-state index in [4.69, 9.17) is 5.73 Å². The van der Waals surface area contributed by atoms with Crippen molar-refractivity contribution in [2.75, 3.05) is 31.9 Å². The summed E-state index contributed by atoms with van der Waals surface area (Å²) < 4.78 is 68.4. The van der Waals surface area contributed by atoms with Crippen LogP contribution in [0.2, 0.25) is 0 Å². The van der Waals surface area contributed by atoms with Gasteiger partial charge in [0.25, 0.3) is 0 Å². The summed E-state index contributed by atoms with van der Waals surface area (Å²) >= 11 is 0. The van der Waals surface area contributed by atoms with Crippen molar-refractivity contribution in [2.24, 2.45) is 0 Å². The molecule has 0 amide bonds. The Balaban J connectivity index is 1.63. The lowest BCUT2D eigenvalue weighted by molar-refractivity contribution is 0.273. The van der Waals surface area contributed by atoms with Gasteiger partial charge in [0, 0.05) is 43.5 Å². The molecule has 1 saturated heterocycles. The van der Waals surface area contributed by atoms with Gasteiger partial charge in [0.2, 0.25) is 20.0 Å². The number of phenolic OH excluding ortho intramolecular Hbond substituents is 2. The van der Waals surface area contributed by atoms with Crippen LogP contribution in [-0.4, -0.2) is 61.8 Å². The average molecular weight is 508 g/mol. The van der Waals surface area contributed by atoms with E-state index in [0.717, 1.165) is 28.6 Å². The van der Waals surface area contributed by atoms with Gasteiger partial charge in [-0.25, -0.2) is 21.2 Å². The molecule has 0 aromatic heterocycles. The van der Waals surface area contributed by atoms with Gasteiger partial charge in [-0.05, 0) is 42.0 Å². The molecule has 4 N–H and O–H groups in total. The molecule has 0 saturated carbocycles. The minimum Gasteiger partial charge on any atom is -0.504 e. The van der Waals surface area contributed by atoms with Gasteiger partial charge in [0.05, 0.1) is 9.79 Å². The largest absolute Gasteiger partial charge is 0.504 e. The number of sulfonamides is 2. The molecule has 3 aromatic carbocycles. The van der Waals surface area contributed by atoms with E-state index >= 15 is 0 Å². The molecule has 1 aliphatic rings. The van der Waals surface area contributed by atoms with Crippen molar-refractivity contribution in [3.63, 3.8) is 0 Å². The first kappa shape index (κ1) is 24.0. The molecule has 0 radical (unpaired) electrons. The van der Waals surface area contributed by atoms with Crippen LogP contribution in [-0.2, 0) is 20.0 Å². The molecular weight excluding hydrogens is 485 g/mol. The van der Waals surface area contributed by atoms with Crippen molar-refractivity contribution in [3.05, 3.63) is 66.5 Å². The molecule has 1 fully saturated rings. The van der Waals surface area contributed by atoms with Crippen LogP contribution < -0.4 is 5.73 Å². The highest BCUT2D eigenvalue weighted by Crippen LogP contribution is 2.38. The molecule has 0 atom stereocenters. The van der Waals surface area contributed by atoms with Crippen LogP contribution in [0.3, 0.4) is 0 Å². The van der Waals surface area contributed by atoms with Crippen molar-refractivity contribution in [1.82, 2.24) is 8.61 Å². The summed E-state index contributed by atoms with van der Waals surface area (Å²) in [6, 6.07) is 12.9. The fourth-order valence-electron chi connectivity index (χ4n) is 3.74. The molecule has 34 heavy (non-hydrogen) atoms. The molecule has 12 heteroatoms. The lowest BCUT2D eigenvalue weighted by atomic mass is 10.1. The number of hydrogen-bond donors (Lipinski definition) is 3. The first-order valence-corrected chi connectivity index (χ1v) is 13.1. The third-order valence-electron chi connectivity index (χ3n) is 5.54. The van der Waals surface area contributed by atoms with E-state index in [1.165, 1.54) is 34.6 Å². The molecule has 1 heterocycles. The molecule has 0 unspecified atom stereocenters. The van der Waals surface area contributed by atoms with Crippen LogP contribution in [0.4, 0.5) is 10.1 Å². The summed E-state index contributed by atoms with van der Waals surface area (Å²) in [7, 11) is -8.07. The second-order valence-corrected chi connectivity index (χ2v) is 11.6. The Labute approximate surface area is 196 Å². The second kappa shape index (κ2) is 8.87. The molecule has 0 aliphatic carbocycles. The van der Waals surface area contributed by atoms with Crippen molar-refractivity contribution in [1.29, 1.82) is 0 Å². The third-order valence-corrected chi connectivity index (χ3v) is 9.38. The van der Waals surface area contributed by atoms with Gasteiger partial charge < -0.3 is 15.9 Å². The van der Waals surface area contributed by atoms with Crippen molar-refractivity contribution in [2.45, 2.75) is 9.79 Å². The van der Waals surface area contributed by atoms with Crippen LogP contribution in [0.1, 0.15) is 0 Å². The van der Waals surface area contributed by atoms with Crippen LogP contribution in [0, 0.1) is 5.82 Å². The van der Waals surface area contributed by atoms with Crippen molar-refractivity contribution in [3.8, 4) is 22.6 Å². The standard InChI is InChI=1S/C22H22FN3O6S2/c23-16-6-4-15(5-7-16)19-13-20(27)21(28)14-22(19)34(31,32)26-10-8-25(9-11-26)33(29,30)18-3-1-2-17(24)12-18/h1-7,12-14,27-28H,8-11,24H2. The predicted molar refractivity (Wildman–Crippen MR) is 124 cm³/mol. The fraction of sp³-hybridized carbons (Fsp3) is 0.182. The molecule has 1 aliphatic heterocycles. The van der Waals surface area contributed by atoms with E-state index in [0.29, 0.717) is 11.3 Å². The van der Waals surface area contributed by atoms with Crippen LogP contribution in [0.25, 0.3) is 11.1 Å². The number of benzene rings is 3. The van der Waals surface area contributed by atoms with Gasteiger partial charge in [0.15, 0.2) is 11.5 Å². The molecular formula is C22H22FN3O6S2. The molecule has 0 bridgehead atoms. The van der Waals surface area contributed by atoms with E-state index < -0.39 is 37.4 Å². The minimum absolute atomic E-state index is 0.0193. The Kier molecular flexibility index (Phi) is 6.25. The lowest BCUT2D eigenvalue weighted by Crippen LogP contribution is -2.50. The Morgan fingerprint density at radius 1 is 0.765 bits per heavy atom. The van der Waals surface area contributed by atoms with Gasteiger partial charge in [-0.3, -0.25) is 0 Å². The normalized spacial score (nSPS) is 15.9. The topological polar surface area (TPSA) is 141 Å². The quantitative estimate of drug-likeness (QED) is 0.355. The zero-order valence-electron chi connectivity index (χ0n) is 17.8. The number of nitrogens with two attached hydrogens (primary N) is 1. The summed E-state index contributed by atoms with van der Waals surface area (Å²) in [6.07, 6.45) is 0.